The van der Waals surface area contributed by atoms with E-state index in [1.54, 1.807) is 31.2 Å². The average molecular weight is 467 g/mol. The van der Waals surface area contributed by atoms with Crippen LogP contribution in [0, 0.1) is 5.82 Å². The van der Waals surface area contributed by atoms with E-state index < -0.39 is 6.04 Å². The highest BCUT2D eigenvalue weighted by Crippen LogP contribution is 2.24. The van der Waals surface area contributed by atoms with Crippen molar-refractivity contribution >= 4 is 17.5 Å². The Morgan fingerprint density at radius 2 is 1.94 bits per heavy atom. The topological polar surface area (TPSA) is 102 Å². The second-order valence-electron chi connectivity index (χ2n) is 8.28. The number of hydrogen-bond acceptors (Lipinski definition) is 6. The van der Waals surface area contributed by atoms with Gasteiger partial charge in [-0.1, -0.05) is 18.9 Å². The van der Waals surface area contributed by atoms with Crippen molar-refractivity contribution in [1.82, 2.24) is 25.5 Å². The minimum atomic E-state index is -0.764. The molecule has 0 radical (unpaired) electrons. The van der Waals surface area contributed by atoms with Gasteiger partial charge in [-0.25, -0.2) is 4.39 Å². The maximum absolute atomic E-state index is 13.4. The maximum Gasteiger partial charge on any atom is 0.251 e. The summed E-state index contributed by atoms with van der Waals surface area (Å²) < 4.78 is 18.5. The van der Waals surface area contributed by atoms with Gasteiger partial charge in [-0.15, -0.1) is 10.2 Å². The lowest BCUT2D eigenvalue weighted by molar-refractivity contribution is -0.127. The van der Waals surface area contributed by atoms with Crippen molar-refractivity contribution in [3.8, 4) is 17.1 Å². The molecular formula is C24H27FN6O3. The smallest absolute Gasteiger partial charge is 0.251 e. The molecule has 10 heteroatoms. The van der Waals surface area contributed by atoms with E-state index in [1.807, 2.05) is 0 Å². The zero-order chi connectivity index (χ0) is 24.1. The largest absolute Gasteiger partial charge is 0.497 e. The number of methoxy groups -OCH3 is 1. The zero-order valence-electron chi connectivity index (χ0n) is 19.1. The molecule has 0 unspecified atom stereocenters. The van der Waals surface area contributed by atoms with Crippen LogP contribution in [-0.4, -0.2) is 51.2 Å². The number of amides is 2. The third-order valence-electron chi connectivity index (χ3n) is 5.90. The molecule has 2 amide bonds. The summed E-state index contributed by atoms with van der Waals surface area (Å²) in [5.74, 6) is -0.138. The number of carbonyl (C=O) groups excluding carboxylic acids is 2. The van der Waals surface area contributed by atoms with E-state index in [4.69, 9.17) is 4.74 Å². The van der Waals surface area contributed by atoms with Gasteiger partial charge in [0.05, 0.1) is 7.11 Å². The van der Waals surface area contributed by atoms with E-state index in [-0.39, 0.29) is 36.0 Å². The molecule has 0 saturated heterocycles. The summed E-state index contributed by atoms with van der Waals surface area (Å²) in [5.41, 5.74) is 1.10. The van der Waals surface area contributed by atoms with Crippen LogP contribution in [0.2, 0.25) is 0 Å². The van der Waals surface area contributed by atoms with Crippen LogP contribution < -0.4 is 15.0 Å². The number of nitrogens with one attached hydrogen (secondary N) is 1. The van der Waals surface area contributed by atoms with E-state index in [0.29, 0.717) is 17.0 Å². The predicted molar refractivity (Wildman–Crippen MR) is 124 cm³/mol. The molecule has 0 aliphatic heterocycles. The van der Waals surface area contributed by atoms with Crippen LogP contribution in [0.3, 0.4) is 0 Å². The van der Waals surface area contributed by atoms with Crippen molar-refractivity contribution in [1.29, 1.82) is 0 Å². The van der Waals surface area contributed by atoms with Crippen LogP contribution in [0.15, 0.2) is 48.5 Å². The number of aromatic nitrogens is 4. The zero-order valence-corrected chi connectivity index (χ0v) is 19.1. The lowest BCUT2D eigenvalue weighted by Gasteiger charge is -2.29. The number of benzene rings is 2. The van der Waals surface area contributed by atoms with Crippen LogP contribution in [0.25, 0.3) is 11.4 Å². The fourth-order valence-corrected chi connectivity index (χ4v) is 4.07. The van der Waals surface area contributed by atoms with Crippen LogP contribution in [-0.2, 0) is 16.1 Å². The Morgan fingerprint density at radius 3 is 2.65 bits per heavy atom. The number of anilines is 1. The Morgan fingerprint density at radius 1 is 1.21 bits per heavy atom. The van der Waals surface area contributed by atoms with E-state index in [1.165, 1.54) is 36.3 Å². The molecule has 1 aliphatic carbocycles. The third-order valence-corrected chi connectivity index (χ3v) is 5.90. The van der Waals surface area contributed by atoms with E-state index >= 15 is 0 Å². The second kappa shape index (κ2) is 10.4. The number of nitrogens with zero attached hydrogens (tertiary/aromatic N) is 5. The molecule has 34 heavy (non-hydrogen) atoms. The Kier molecular flexibility index (Phi) is 7.15. The van der Waals surface area contributed by atoms with Gasteiger partial charge in [0, 0.05) is 23.4 Å². The first-order chi connectivity index (χ1) is 16.4. The number of halogens is 1. The summed E-state index contributed by atoms with van der Waals surface area (Å²) in [6, 6.07) is 12.0. The highest BCUT2D eigenvalue weighted by atomic mass is 19.1. The van der Waals surface area contributed by atoms with Crippen LogP contribution in [0.4, 0.5) is 10.1 Å². The Hall–Kier alpha value is -3.82. The Bertz CT molecular complexity index is 1140. The minimum Gasteiger partial charge on any atom is -0.497 e. The van der Waals surface area contributed by atoms with Crippen molar-refractivity contribution in [2.45, 2.75) is 51.2 Å². The van der Waals surface area contributed by atoms with Gasteiger partial charge in [0.25, 0.3) is 5.91 Å². The molecule has 1 aliphatic rings. The van der Waals surface area contributed by atoms with Crippen molar-refractivity contribution in [3.63, 3.8) is 0 Å². The van der Waals surface area contributed by atoms with Crippen molar-refractivity contribution in [2.24, 2.45) is 0 Å². The van der Waals surface area contributed by atoms with Crippen LogP contribution in [0.1, 0.15) is 32.6 Å². The highest BCUT2D eigenvalue weighted by molar-refractivity contribution is 6.00. The number of carbonyl (C=O) groups is 2. The summed E-state index contributed by atoms with van der Waals surface area (Å²) in [6.07, 6.45) is 4.07. The van der Waals surface area contributed by atoms with Crippen LogP contribution >= 0.6 is 0 Å². The van der Waals surface area contributed by atoms with Crippen LogP contribution in [0.5, 0.6) is 5.75 Å². The molecule has 1 atom stereocenters. The summed E-state index contributed by atoms with van der Waals surface area (Å²) in [4.78, 5) is 29.0. The molecule has 0 spiro atoms. The maximum atomic E-state index is 13.4. The van der Waals surface area contributed by atoms with Gasteiger partial charge >= 0.3 is 0 Å². The molecule has 4 rings (SSSR count). The first kappa shape index (κ1) is 23.3. The first-order valence-electron chi connectivity index (χ1n) is 11.2. The van der Waals surface area contributed by atoms with Gasteiger partial charge in [0.1, 0.15) is 24.2 Å². The number of tetrazole rings is 1. The van der Waals surface area contributed by atoms with Crippen molar-refractivity contribution in [3.05, 3.63) is 54.3 Å². The monoisotopic (exact) mass is 466 g/mol. The van der Waals surface area contributed by atoms with Gasteiger partial charge in [0.2, 0.25) is 11.7 Å². The predicted octanol–water partition coefficient (Wildman–Crippen LogP) is 2.97. The van der Waals surface area contributed by atoms with Gasteiger partial charge < -0.3 is 10.1 Å². The summed E-state index contributed by atoms with van der Waals surface area (Å²) in [5, 5.41) is 15.2. The molecule has 1 saturated carbocycles. The standard InChI is InChI=1S/C24H27FN6O3/c1-16(24(33)26-19-6-3-4-7-19)31(20-8-5-9-21(14-20)34-2)22(32)15-30-28-23(27-29-30)17-10-12-18(25)13-11-17/h5,8-14,16,19H,3-4,6-7,15H2,1-2H3,(H,26,33)/t16-/m0/s1. The van der Waals surface area contributed by atoms with Gasteiger partial charge in [0.15, 0.2) is 0 Å². The van der Waals surface area contributed by atoms with Gasteiger partial charge in [-0.05, 0) is 61.4 Å². The molecule has 9 nitrogen and oxygen atoms in total. The lowest BCUT2D eigenvalue weighted by Crippen LogP contribution is -2.51. The molecule has 1 fully saturated rings. The highest BCUT2D eigenvalue weighted by Gasteiger charge is 2.30. The average Bonchev–Trinajstić information content (AvgIpc) is 3.52. The number of hydrogen-bond donors (Lipinski definition) is 1. The second-order valence-corrected chi connectivity index (χ2v) is 8.28. The molecule has 1 heterocycles. The summed E-state index contributed by atoms with van der Waals surface area (Å²) >= 11 is 0. The van der Waals surface area contributed by atoms with Crippen molar-refractivity contribution in [2.75, 3.05) is 12.0 Å². The Labute approximate surface area is 196 Å². The van der Waals surface area contributed by atoms with E-state index in [9.17, 15) is 14.0 Å². The summed E-state index contributed by atoms with van der Waals surface area (Å²) in [7, 11) is 1.54. The normalized spacial score (nSPS) is 14.6. The van der Waals surface area contributed by atoms with E-state index in [2.05, 4.69) is 20.7 Å². The van der Waals surface area contributed by atoms with Gasteiger partial charge in [-0.3, -0.25) is 14.5 Å². The Balaban J connectivity index is 1.55. The number of ether oxygens (including phenoxy) is 1. The fraction of sp³-hybridized carbons (Fsp3) is 0.375. The minimum absolute atomic E-state index is 0.132. The first-order valence-corrected chi connectivity index (χ1v) is 11.2. The van der Waals surface area contributed by atoms with Crippen molar-refractivity contribution < 1.29 is 18.7 Å². The molecule has 2 aromatic carbocycles. The molecule has 178 valence electrons. The van der Waals surface area contributed by atoms with E-state index in [0.717, 1.165) is 30.5 Å². The SMILES string of the molecule is COc1cccc(N(C(=O)Cn2nnc(-c3ccc(F)cc3)n2)[C@@H](C)C(=O)NC2CCCC2)c1. The third kappa shape index (κ3) is 5.38. The number of rotatable bonds is 8. The molecule has 1 aromatic heterocycles. The lowest BCUT2D eigenvalue weighted by atomic mass is 10.1. The van der Waals surface area contributed by atoms with Gasteiger partial charge in [-0.2, -0.15) is 4.80 Å². The molecule has 0 bridgehead atoms. The quantitative estimate of drug-likeness (QED) is 0.548. The molecular weight excluding hydrogens is 439 g/mol. The fourth-order valence-electron chi connectivity index (χ4n) is 4.07. The molecule has 3 aromatic rings. The molecule has 1 N–H and O–H groups in total. The summed E-state index contributed by atoms with van der Waals surface area (Å²) in [6.45, 7) is 1.47.